The third-order valence-electron chi connectivity index (χ3n) is 4.83. The summed E-state index contributed by atoms with van der Waals surface area (Å²) in [5.74, 6) is 0.107. The van der Waals surface area contributed by atoms with Crippen LogP contribution < -0.4 is 4.90 Å². The number of carbonyl (C=O) groups is 1. The van der Waals surface area contributed by atoms with Gasteiger partial charge in [-0.1, -0.05) is 0 Å². The van der Waals surface area contributed by atoms with E-state index in [2.05, 4.69) is 0 Å². The van der Waals surface area contributed by atoms with E-state index >= 15 is 0 Å². The molecule has 0 radical (unpaired) electrons. The molecule has 2 fully saturated rings. The van der Waals surface area contributed by atoms with Gasteiger partial charge in [0.15, 0.2) is 0 Å². The number of alkyl halides is 3. The summed E-state index contributed by atoms with van der Waals surface area (Å²) >= 11 is 0. The monoisotopic (exact) mass is 421 g/mol. The first-order chi connectivity index (χ1) is 13.0. The molecule has 1 aliphatic heterocycles. The van der Waals surface area contributed by atoms with Gasteiger partial charge in [0, 0.05) is 38.2 Å². The summed E-state index contributed by atoms with van der Waals surface area (Å²) in [6.45, 7) is 1.47. The second-order valence-corrected chi connectivity index (χ2v) is 8.74. The zero-order valence-electron chi connectivity index (χ0n) is 14.7. The standard InChI is InChI=1S/C16H18F3N3O5S/c17-16(18,19)28(26,27)12-4-5-13(14(10-12)22(24)25)20-6-1-7-21(9-8-20)15(23)11-2-3-11/h4-5,10-11H,1-3,6-9H2. The number of benzene rings is 1. The van der Waals surface area contributed by atoms with Gasteiger partial charge in [-0.25, -0.2) is 8.42 Å². The fourth-order valence-corrected chi connectivity index (χ4v) is 3.97. The van der Waals surface area contributed by atoms with Gasteiger partial charge in [0.2, 0.25) is 5.91 Å². The summed E-state index contributed by atoms with van der Waals surface area (Å²) in [5.41, 5.74) is -6.23. The highest BCUT2D eigenvalue weighted by molar-refractivity contribution is 7.92. The lowest BCUT2D eigenvalue weighted by Gasteiger charge is -2.24. The molecule has 0 spiro atoms. The highest BCUT2D eigenvalue weighted by atomic mass is 32.2. The molecule has 1 saturated carbocycles. The molecule has 1 aromatic rings. The molecule has 0 unspecified atom stereocenters. The predicted octanol–water partition coefficient (Wildman–Crippen LogP) is 2.34. The Bertz CT molecular complexity index is 899. The largest absolute Gasteiger partial charge is 0.501 e. The van der Waals surface area contributed by atoms with E-state index in [0.29, 0.717) is 32.1 Å². The quantitative estimate of drug-likeness (QED) is 0.546. The highest BCUT2D eigenvalue weighted by Crippen LogP contribution is 2.37. The van der Waals surface area contributed by atoms with E-state index < -0.39 is 30.9 Å². The zero-order valence-corrected chi connectivity index (χ0v) is 15.5. The molecule has 2 aliphatic rings. The fraction of sp³-hybridized carbons (Fsp3) is 0.562. The van der Waals surface area contributed by atoms with Crippen molar-refractivity contribution in [3.63, 3.8) is 0 Å². The minimum Gasteiger partial charge on any atom is -0.364 e. The van der Waals surface area contributed by atoms with Crippen molar-refractivity contribution in [3.05, 3.63) is 28.3 Å². The van der Waals surface area contributed by atoms with E-state index in [1.54, 1.807) is 9.80 Å². The van der Waals surface area contributed by atoms with Crippen molar-refractivity contribution in [2.45, 2.75) is 29.7 Å². The smallest absolute Gasteiger partial charge is 0.364 e. The third kappa shape index (κ3) is 3.91. The predicted molar refractivity (Wildman–Crippen MR) is 92.5 cm³/mol. The molecule has 1 aromatic carbocycles. The SMILES string of the molecule is O=C(C1CC1)N1CCCN(c2ccc(S(=O)(=O)C(F)(F)F)cc2[N+](=O)[O-])CC1. The molecule has 0 bridgehead atoms. The van der Waals surface area contributed by atoms with Crippen LogP contribution in [0.25, 0.3) is 0 Å². The number of nitro groups is 1. The molecule has 3 rings (SSSR count). The number of hydrogen-bond acceptors (Lipinski definition) is 6. The van der Waals surface area contributed by atoms with Gasteiger partial charge < -0.3 is 9.80 Å². The first-order valence-corrected chi connectivity index (χ1v) is 10.1. The Kier molecular flexibility index (Phi) is 5.26. The van der Waals surface area contributed by atoms with E-state index in [1.165, 1.54) is 0 Å². The normalized spacial score (nSPS) is 18.7. The van der Waals surface area contributed by atoms with Crippen molar-refractivity contribution in [2.75, 3.05) is 31.1 Å². The van der Waals surface area contributed by atoms with Gasteiger partial charge in [-0.05, 0) is 31.4 Å². The Morgan fingerprint density at radius 2 is 1.82 bits per heavy atom. The van der Waals surface area contributed by atoms with Crippen LogP contribution in [-0.4, -0.2) is 55.8 Å². The molecule has 0 N–H and O–H groups in total. The second-order valence-electron chi connectivity index (χ2n) is 6.80. The van der Waals surface area contributed by atoms with Crippen molar-refractivity contribution in [1.82, 2.24) is 4.90 Å². The van der Waals surface area contributed by atoms with Crippen molar-refractivity contribution in [1.29, 1.82) is 0 Å². The number of carbonyl (C=O) groups excluding carboxylic acids is 1. The van der Waals surface area contributed by atoms with Crippen molar-refractivity contribution in [3.8, 4) is 0 Å². The molecule has 1 aliphatic carbocycles. The Balaban J connectivity index is 1.87. The lowest BCUT2D eigenvalue weighted by atomic mass is 10.2. The van der Waals surface area contributed by atoms with Crippen LogP contribution in [-0.2, 0) is 14.6 Å². The molecular formula is C16H18F3N3O5S. The fourth-order valence-electron chi connectivity index (χ4n) is 3.18. The Morgan fingerprint density at radius 1 is 1.14 bits per heavy atom. The Hall–Kier alpha value is -2.37. The summed E-state index contributed by atoms with van der Waals surface area (Å²) in [7, 11) is -5.69. The molecule has 8 nitrogen and oxygen atoms in total. The molecular weight excluding hydrogens is 403 g/mol. The topological polar surface area (TPSA) is 101 Å². The number of nitro benzene ring substituents is 1. The molecule has 1 amide bonds. The number of halogens is 3. The maximum absolute atomic E-state index is 12.7. The van der Waals surface area contributed by atoms with Crippen LogP contribution in [0.2, 0.25) is 0 Å². The number of amides is 1. The van der Waals surface area contributed by atoms with Crippen LogP contribution in [0.4, 0.5) is 24.5 Å². The van der Waals surface area contributed by atoms with E-state index in [-0.39, 0.29) is 24.1 Å². The molecule has 0 atom stereocenters. The van der Waals surface area contributed by atoms with Crippen molar-refractivity contribution < 1.29 is 31.3 Å². The molecule has 1 heterocycles. The van der Waals surface area contributed by atoms with Crippen LogP contribution in [0.1, 0.15) is 19.3 Å². The first kappa shape index (κ1) is 20.4. The van der Waals surface area contributed by atoms with Gasteiger partial charge in [-0.3, -0.25) is 14.9 Å². The van der Waals surface area contributed by atoms with Crippen LogP contribution in [0.15, 0.2) is 23.1 Å². The van der Waals surface area contributed by atoms with Crippen LogP contribution >= 0.6 is 0 Å². The zero-order chi connectivity index (χ0) is 20.7. The van der Waals surface area contributed by atoms with Crippen LogP contribution in [0, 0.1) is 16.0 Å². The number of rotatable bonds is 4. The minimum atomic E-state index is -5.69. The Morgan fingerprint density at radius 3 is 2.39 bits per heavy atom. The average Bonchev–Trinajstić information content (AvgIpc) is 3.46. The van der Waals surface area contributed by atoms with E-state index in [4.69, 9.17) is 0 Å². The number of anilines is 1. The molecule has 12 heteroatoms. The number of hydrogen-bond donors (Lipinski definition) is 0. The summed E-state index contributed by atoms with van der Waals surface area (Å²) in [6, 6.07) is 2.19. The van der Waals surface area contributed by atoms with Crippen LogP contribution in [0.5, 0.6) is 0 Å². The van der Waals surface area contributed by atoms with Gasteiger partial charge >= 0.3 is 5.51 Å². The second kappa shape index (κ2) is 7.22. The maximum Gasteiger partial charge on any atom is 0.501 e. The van der Waals surface area contributed by atoms with E-state index in [0.717, 1.165) is 25.0 Å². The van der Waals surface area contributed by atoms with Crippen molar-refractivity contribution >= 4 is 27.1 Å². The third-order valence-corrected chi connectivity index (χ3v) is 6.32. The molecule has 154 valence electrons. The molecule has 1 saturated heterocycles. The molecule has 0 aromatic heterocycles. The average molecular weight is 421 g/mol. The highest BCUT2D eigenvalue weighted by Gasteiger charge is 2.47. The van der Waals surface area contributed by atoms with Gasteiger partial charge in [-0.2, -0.15) is 13.2 Å². The summed E-state index contributed by atoms with van der Waals surface area (Å²) in [5, 5.41) is 11.4. The summed E-state index contributed by atoms with van der Waals surface area (Å²) in [4.78, 5) is 24.8. The molecule has 28 heavy (non-hydrogen) atoms. The summed E-state index contributed by atoms with van der Waals surface area (Å²) < 4.78 is 61.3. The van der Waals surface area contributed by atoms with Gasteiger partial charge in [-0.15, -0.1) is 0 Å². The van der Waals surface area contributed by atoms with Crippen LogP contribution in [0.3, 0.4) is 0 Å². The lowest BCUT2D eigenvalue weighted by molar-refractivity contribution is -0.384. The lowest BCUT2D eigenvalue weighted by Crippen LogP contribution is -2.36. The first-order valence-electron chi connectivity index (χ1n) is 8.66. The van der Waals surface area contributed by atoms with Gasteiger partial charge in [0.25, 0.3) is 15.5 Å². The van der Waals surface area contributed by atoms with E-state index in [1.807, 2.05) is 0 Å². The van der Waals surface area contributed by atoms with Gasteiger partial charge in [0.1, 0.15) is 5.69 Å². The Labute approximate surface area is 159 Å². The van der Waals surface area contributed by atoms with Crippen molar-refractivity contribution in [2.24, 2.45) is 5.92 Å². The minimum absolute atomic E-state index is 0.0341. The number of sulfone groups is 1. The van der Waals surface area contributed by atoms with E-state index in [9.17, 15) is 36.5 Å². The van der Waals surface area contributed by atoms with Gasteiger partial charge in [0.05, 0.1) is 9.82 Å². The number of nitrogens with zero attached hydrogens (tertiary/aromatic N) is 3. The summed E-state index contributed by atoms with van der Waals surface area (Å²) in [6.07, 6.45) is 2.26. The maximum atomic E-state index is 12.7.